The van der Waals surface area contributed by atoms with Crippen molar-refractivity contribution in [3.63, 3.8) is 0 Å². The molecule has 1 aromatic carbocycles. The number of carbonyl (C=O) groups excluding carboxylic acids is 1. The summed E-state index contributed by atoms with van der Waals surface area (Å²) in [5, 5.41) is 5.13. The lowest BCUT2D eigenvalue weighted by atomic mass is 10.2. The van der Waals surface area contributed by atoms with Crippen LogP contribution >= 0.6 is 23.1 Å². The van der Waals surface area contributed by atoms with E-state index < -0.39 is 23.2 Å². The summed E-state index contributed by atoms with van der Waals surface area (Å²) in [4.78, 5) is 15.9. The number of halogens is 3. The van der Waals surface area contributed by atoms with Crippen LogP contribution in [-0.2, 0) is 0 Å². The van der Waals surface area contributed by atoms with Crippen molar-refractivity contribution in [1.29, 1.82) is 0 Å². The first-order chi connectivity index (χ1) is 10.9. The van der Waals surface area contributed by atoms with Crippen molar-refractivity contribution in [2.45, 2.75) is 10.5 Å². The molecule has 0 saturated carbocycles. The monoisotopic (exact) mass is 354 g/mol. The molecule has 3 nitrogen and oxygen atoms in total. The van der Waals surface area contributed by atoms with Gasteiger partial charge in [0.25, 0.3) is 5.91 Å². The van der Waals surface area contributed by atoms with E-state index in [-0.39, 0.29) is 10.6 Å². The highest BCUT2D eigenvalue weighted by atomic mass is 32.2. The van der Waals surface area contributed by atoms with Crippen molar-refractivity contribution in [1.82, 2.24) is 4.98 Å². The average molecular weight is 354 g/mol. The number of pyridine rings is 1. The van der Waals surface area contributed by atoms with Crippen LogP contribution in [-0.4, -0.2) is 16.4 Å². The molecule has 2 aromatic heterocycles. The summed E-state index contributed by atoms with van der Waals surface area (Å²) in [5.74, 6) is -0.626. The molecule has 0 aliphatic carbocycles. The fourth-order valence-corrected chi connectivity index (χ4v) is 3.37. The van der Waals surface area contributed by atoms with Gasteiger partial charge in [0.05, 0.1) is 5.56 Å². The van der Waals surface area contributed by atoms with Gasteiger partial charge in [0.2, 0.25) is 0 Å². The second-order valence-electron chi connectivity index (χ2n) is 4.53. The number of thioether (sulfide) groups is 1. The summed E-state index contributed by atoms with van der Waals surface area (Å²) in [5.41, 5.74) is -4.09. The van der Waals surface area contributed by atoms with Crippen molar-refractivity contribution in [2.75, 3.05) is 5.32 Å². The number of aromatic nitrogens is 1. The number of thiophene rings is 1. The third-order valence-electron chi connectivity index (χ3n) is 2.94. The summed E-state index contributed by atoms with van der Waals surface area (Å²) >= 11 is 1.17. The first-order valence-electron chi connectivity index (χ1n) is 6.42. The molecule has 3 aromatic rings. The third-order valence-corrected chi connectivity index (χ3v) is 4.59. The Morgan fingerprint density at radius 1 is 1.22 bits per heavy atom. The smallest absolute Gasteiger partial charge is 0.322 e. The molecule has 1 N–H and O–H groups in total. The van der Waals surface area contributed by atoms with E-state index in [4.69, 9.17) is 0 Å². The molecule has 23 heavy (non-hydrogen) atoms. The number of hydrogen-bond donors (Lipinski definition) is 1. The maximum Gasteiger partial charge on any atom is 0.447 e. The van der Waals surface area contributed by atoms with Crippen LogP contribution in [0.5, 0.6) is 0 Å². The lowest BCUT2D eigenvalue weighted by molar-refractivity contribution is -0.0329. The Kier molecular flexibility index (Phi) is 4.27. The van der Waals surface area contributed by atoms with Gasteiger partial charge in [-0.25, -0.2) is 4.98 Å². The van der Waals surface area contributed by atoms with Crippen LogP contribution in [0.3, 0.4) is 0 Å². The normalized spacial score (nSPS) is 11.6. The Balaban J connectivity index is 1.85. The highest BCUT2D eigenvalue weighted by Gasteiger charge is 2.32. The lowest BCUT2D eigenvalue weighted by Crippen LogP contribution is -2.14. The predicted molar refractivity (Wildman–Crippen MR) is 85.9 cm³/mol. The zero-order chi connectivity index (χ0) is 16.4. The van der Waals surface area contributed by atoms with E-state index in [2.05, 4.69) is 10.3 Å². The number of nitrogens with zero attached hydrogens (tertiary/aromatic N) is 1. The van der Waals surface area contributed by atoms with Crippen LogP contribution < -0.4 is 5.32 Å². The second kappa shape index (κ2) is 6.21. The van der Waals surface area contributed by atoms with Gasteiger partial charge in [0, 0.05) is 28.3 Å². The maximum atomic E-state index is 12.5. The Labute approximate surface area is 137 Å². The molecule has 0 unspecified atom stereocenters. The van der Waals surface area contributed by atoms with E-state index in [1.54, 1.807) is 23.5 Å². The molecule has 0 fully saturated rings. The van der Waals surface area contributed by atoms with Crippen molar-refractivity contribution in [3.8, 4) is 0 Å². The van der Waals surface area contributed by atoms with E-state index in [0.29, 0.717) is 5.69 Å². The summed E-state index contributed by atoms with van der Waals surface area (Å²) in [7, 11) is 0. The molecule has 1 amide bonds. The van der Waals surface area contributed by atoms with Gasteiger partial charge in [-0.3, -0.25) is 4.79 Å². The number of benzene rings is 1. The number of carbonyl (C=O) groups is 1. The van der Waals surface area contributed by atoms with Gasteiger partial charge < -0.3 is 5.32 Å². The first kappa shape index (κ1) is 15.8. The highest BCUT2D eigenvalue weighted by molar-refractivity contribution is 8.00. The van der Waals surface area contributed by atoms with Crippen LogP contribution in [0.15, 0.2) is 53.0 Å². The van der Waals surface area contributed by atoms with E-state index >= 15 is 0 Å². The van der Waals surface area contributed by atoms with Gasteiger partial charge in [0.1, 0.15) is 5.03 Å². The van der Waals surface area contributed by atoms with Crippen molar-refractivity contribution >= 4 is 44.8 Å². The SMILES string of the molecule is O=C(Nc1ccc2sccc2c1)c1cccnc1SC(F)(F)F. The van der Waals surface area contributed by atoms with E-state index in [9.17, 15) is 18.0 Å². The molecule has 0 saturated heterocycles. The average Bonchev–Trinajstić information content (AvgIpc) is 2.93. The molecule has 0 atom stereocenters. The maximum absolute atomic E-state index is 12.5. The Morgan fingerprint density at radius 2 is 2.04 bits per heavy atom. The van der Waals surface area contributed by atoms with Gasteiger partial charge in [-0.1, -0.05) is 0 Å². The minimum absolute atomic E-state index is 0.111. The number of alkyl halides is 3. The van der Waals surface area contributed by atoms with Crippen LogP contribution in [0.25, 0.3) is 10.1 Å². The molecular formula is C15H9F3N2OS2. The summed E-state index contributed by atoms with van der Waals surface area (Å²) in [6.45, 7) is 0. The van der Waals surface area contributed by atoms with E-state index in [1.165, 1.54) is 18.3 Å². The van der Waals surface area contributed by atoms with Gasteiger partial charge >= 0.3 is 5.51 Å². The molecule has 0 aliphatic heterocycles. The Bertz CT molecular complexity index is 861. The van der Waals surface area contributed by atoms with Crippen molar-refractivity contribution in [2.24, 2.45) is 0 Å². The van der Waals surface area contributed by atoms with Gasteiger partial charge in [-0.2, -0.15) is 13.2 Å². The van der Waals surface area contributed by atoms with E-state index in [1.807, 2.05) is 17.5 Å². The Morgan fingerprint density at radius 3 is 2.83 bits per heavy atom. The van der Waals surface area contributed by atoms with Crippen molar-refractivity contribution < 1.29 is 18.0 Å². The minimum atomic E-state index is -4.50. The van der Waals surface area contributed by atoms with Crippen molar-refractivity contribution in [3.05, 3.63) is 53.5 Å². The highest BCUT2D eigenvalue weighted by Crippen LogP contribution is 2.37. The zero-order valence-corrected chi connectivity index (χ0v) is 13.1. The van der Waals surface area contributed by atoms with E-state index in [0.717, 1.165) is 10.1 Å². The number of rotatable bonds is 3. The molecule has 0 radical (unpaired) electrons. The molecule has 3 rings (SSSR count). The standard InChI is InChI=1S/C15H9F3N2OS2/c16-15(17,18)23-14-11(2-1-6-19-14)13(21)20-10-3-4-12-9(8-10)5-7-22-12/h1-8H,(H,20,21). The minimum Gasteiger partial charge on any atom is -0.322 e. The fourth-order valence-electron chi connectivity index (χ4n) is 2.00. The van der Waals surface area contributed by atoms with Crippen LogP contribution in [0.2, 0.25) is 0 Å². The number of fused-ring (bicyclic) bond motifs is 1. The van der Waals surface area contributed by atoms with Crippen LogP contribution in [0, 0.1) is 0 Å². The fraction of sp³-hybridized carbons (Fsp3) is 0.0667. The second-order valence-corrected chi connectivity index (χ2v) is 6.53. The summed E-state index contributed by atoms with van der Waals surface area (Å²) in [6, 6.07) is 9.99. The Hall–Kier alpha value is -2.06. The largest absolute Gasteiger partial charge is 0.447 e. The molecule has 0 aliphatic rings. The van der Waals surface area contributed by atoms with Gasteiger partial charge in [-0.15, -0.1) is 11.3 Å². The quantitative estimate of drug-likeness (QED) is 0.661. The molecule has 2 heterocycles. The van der Waals surface area contributed by atoms with Gasteiger partial charge in [0.15, 0.2) is 0 Å². The van der Waals surface area contributed by atoms with Gasteiger partial charge in [-0.05, 0) is 47.2 Å². The third kappa shape index (κ3) is 3.83. The number of nitrogens with one attached hydrogen (secondary N) is 1. The molecular weight excluding hydrogens is 345 g/mol. The molecule has 118 valence electrons. The topological polar surface area (TPSA) is 42.0 Å². The molecule has 0 bridgehead atoms. The predicted octanol–water partition coefficient (Wildman–Crippen LogP) is 5.16. The number of amides is 1. The number of anilines is 1. The zero-order valence-electron chi connectivity index (χ0n) is 11.4. The molecule has 0 spiro atoms. The lowest BCUT2D eigenvalue weighted by Gasteiger charge is -2.10. The summed E-state index contributed by atoms with van der Waals surface area (Å²) < 4.78 is 38.7. The summed E-state index contributed by atoms with van der Waals surface area (Å²) in [6.07, 6.45) is 1.22. The van der Waals surface area contributed by atoms with Crippen LogP contribution in [0.1, 0.15) is 10.4 Å². The van der Waals surface area contributed by atoms with Crippen LogP contribution in [0.4, 0.5) is 18.9 Å². The molecule has 8 heteroatoms. The first-order valence-corrected chi connectivity index (χ1v) is 8.11. The number of hydrogen-bond acceptors (Lipinski definition) is 4.